The third-order valence-electron chi connectivity index (χ3n) is 3.26. The summed E-state index contributed by atoms with van der Waals surface area (Å²) < 4.78 is 24.5. The quantitative estimate of drug-likeness (QED) is 0.814. The van der Waals surface area contributed by atoms with Crippen LogP contribution in [0.4, 0.5) is 0 Å². The van der Waals surface area contributed by atoms with Gasteiger partial charge < -0.3 is 10.2 Å². The Morgan fingerprint density at radius 1 is 1.43 bits per heavy atom. The fraction of sp³-hybridized carbons (Fsp3) is 0.364. The number of aliphatic hydroxyl groups is 1. The maximum Gasteiger partial charge on any atom is 0.358 e. The molecule has 2 aromatic rings. The van der Waals surface area contributed by atoms with Crippen LogP contribution in [0.3, 0.4) is 0 Å². The molecule has 0 aromatic carbocycles. The van der Waals surface area contributed by atoms with E-state index in [1.165, 1.54) is 16.0 Å². The van der Waals surface area contributed by atoms with E-state index < -0.39 is 28.0 Å². The molecule has 0 spiro atoms. The zero-order valence-electron chi connectivity index (χ0n) is 10.6. The second-order valence-electron chi connectivity index (χ2n) is 4.73. The van der Waals surface area contributed by atoms with Gasteiger partial charge in [-0.1, -0.05) is 11.3 Å². The summed E-state index contributed by atoms with van der Waals surface area (Å²) in [6.45, 7) is 0. The summed E-state index contributed by atoms with van der Waals surface area (Å²) in [5.74, 6) is -1.89. The van der Waals surface area contributed by atoms with Gasteiger partial charge in [-0.15, -0.1) is 16.4 Å². The van der Waals surface area contributed by atoms with Crippen molar-refractivity contribution in [3.63, 3.8) is 0 Å². The van der Waals surface area contributed by atoms with E-state index in [2.05, 4.69) is 10.3 Å². The van der Waals surface area contributed by atoms with E-state index in [9.17, 15) is 23.4 Å². The van der Waals surface area contributed by atoms with Crippen molar-refractivity contribution in [3.8, 4) is 10.6 Å². The van der Waals surface area contributed by atoms with Gasteiger partial charge in [0.1, 0.15) is 5.69 Å². The molecule has 0 amide bonds. The predicted molar refractivity (Wildman–Crippen MR) is 74.0 cm³/mol. The Morgan fingerprint density at radius 3 is 2.71 bits per heavy atom. The van der Waals surface area contributed by atoms with E-state index in [0.717, 1.165) is 0 Å². The highest BCUT2D eigenvalue weighted by Crippen LogP contribution is 2.33. The van der Waals surface area contributed by atoms with Crippen molar-refractivity contribution in [3.05, 3.63) is 23.2 Å². The maximum atomic E-state index is 11.6. The van der Waals surface area contributed by atoms with Crippen LogP contribution in [-0.4, -0.2) is 57.2 Å². The minimum absolute atomic E-state index is 0.221. The van der Waals surface area contributed by atoms with Crippen molar-refractivity contribution < 1.29 is 23.4 Å². The SMILES string of the molecule is O=C(O)c1nnn(C2CS(=O)(=O)CC2O)c1-c1cccs1. The van der Waals surface area contributed by atoms with Crippen LogP contribution in [0, 0.1) is 0 Å². The van der Waals surface area contributed by atoms with Gasteiger partial charge in [0.05, 0.1) is 28.5 Å². The Kier molecular flexibility index (Phi) is 3.30. The maximum absolute atomic E-state index is 11.6. The second-order valence-corrected chi connectivity index (χ2v) is 7.83. The van der Waals surface area contributed by atoms with Gasteiger partial charge in [0.2, 0.25) is 0 Å². The lowest BCUT2D eigenvalue weighted by atomic mass is 10.2. The minimum Gasteiger partial charge on any atom is -0.476 e. The number of carboxylic acid groups (broad SMARTS) is 1. The number of sulfone groups is 1. The first kappa shape index (κ1) is 14.2. The normalized spacial score (nSPS) is 24.2. The molecule has 1 fully saturated rings. The molecule has 0 saturated carbocycles. The smallest absolute Gasteiger partial charge is 0.358 e. The summed E-state index contributed by atoms with van der Waals surface area (Å²) >= 11 is 1.29. The molecule has 0 radical (unpaired) electrons. The van der Waals surface area contributed by atoms with Gasteiger partial charge in [-0.3, -0.25) is 0 Å². The fourth-order valence-electron chi connectivity index (χ4n) is 2.36. The minimum atomic E-state index is -3.37. The van der Waals surface area contributed by atoms with Crippen molar-refractivity contribution in [2.24, 2.45) is 0 Å². The van der Waals surface area contributed by atoms with Crippen LogP contribution in [0.15, 0.2) is 17.5 Å². The van der Waals surface area contributed by atoms with Crippen LogP contribution in [0.25, 0.3) is 10.6 Å². The molecule has 21 heavy (non-hydrogen) atoms. The average molecular weight is 329 g/mol. The summed E-state index contributed by atoms with van der Waals surface area (Å²) in [4.78, 5) is 11.9. The first-order chi connectivity index (χ1) is 9.89. The molecule has 10 heteroatoms. The molecule has 2 atom stereocenters. The number of rotatable bonds is 3. The number of hydrogen-bond donors (Lipinski definition) is 2. The molecule has 2 aromatic heterocycles. The number of aromatic nitrogens is 3. The summed E-state index contributed by atoms with van der Waals surface area (Å²) in [5.41, 5.74) is -0.0346. The third-order valence-corrected chi connectivity index (χ3v) is 5.83. The Labute approximate surface area is 123 Å². The van der Waals surface area contributed by atoms with Crippen LogP contribution < -0.4 is 0 Å². The molecule has 8 nitrogen and oxygen atoms in total. The van der Waals surface area contributed by atoms with Crippen molar-refractivity contribution in [1.82, 2.24) is 15.0 Å². The van der Waals surface area contributed by atoms with Gasteiger partial charge >= 0.3 is 5.97 Å². The third kappa shape index (κ3) is 2.45. The van der Waals surface area contributed by atoms with Crippen LogP contribution in [0.1, 0.15) is 16.5 Å². The number of hydrogen-bond acceptors (Lipinski definition) is 7. The summed E-state index contributed by atoms with van der Waals surface area (Å²) in [7, 11) is -3.37. The summed E-state index contributed by atoms with van der Waals surface area (Å²) in [6, 6.07) is 2.61. The van der Waals surface area contributed by atoms with Gasteiger partial charge in [0.25, 0.3) is 0 Å². The van der Waals surface area contributed by atoms with Crippen molar-refractivity contribution in [1.29, 1.82) is 0 Å². The van der Waals surface area contributed by atoms with E-state index >= 15 is 0 Å². The Bertz CT molecular complexity index is 781. The topological polar surface area (TPSA) is 122 Å². The number of carboxylic acids is 1. The highest BCUT2D eigenvalue weighted by Gasteiger charge is 2.40. The lowest BCUT2D eigenvalue weighted by molar-refractivity contribution is 0.0691. The van der Waals surface area contributed by atoms with Gasteiger partial charge in [-0.2, -0.15) is 0 Å². The van der Waals surface area contributed by atoms with Gasteiger partial charge in [0, 0.05) is 0 Å². The molecule has 0 bridgehead atoms. The molecule has 1 aliphatic heterocycles. The van der Waals surface area contributed by atoms with Gasteiger partial charge in [-0.25, -0.2) is 17.9 Å². The molecule has 0 aliphatic carbocycles. The van der Waals surface area contributed by atoms with Crippen LogP contribution in [-0.2, 0) is 9.84 Å². The molecule has 2 N–H and O–H groups in total. The Balaban J connectivity index is 2.14. The van der Waals surface area contributed by atoms with Gasteiger partial charge in [0.15, 0.2) is 15.5 Å². The lowest BCUT2D eigenvalue weighted by Crippen LogP contribution is -2.24. The largest absolute Gasteiger partial charge is 0.476 e. The van der Waals surface area contributed by atoms with E-state index in [4.69, 9.17) is 0 Å². The fourth-order valence-corrected chi connectivity index (χ4v) is 4.88. The van der Waals surface area contributed by atoms with Crippen molar-refractivity contribution in [2.45, 2.75) is 12.1 Å². The van der Waals surface area contributed by atoms with Crippen LogP contribution in [0.2, 0.25) is 0 Å². The first-order valence-corrected chi connectivity index (χ1v) is 8.70. The van der Waals surface area contributed by atoms with Crippen LogP contribution >= 0.6 is 11.3 Å². The number of nitrogens with zero attached hydrogens (tertiary/aromatic N) is 3. The number of carbonyl (C=O) groups is 1. The van der Waals surface area contributed by atoms with E-state index in [-0.39, 0.29) is 22.9 Å². The highest BCUT2D eigenvalue weighted by atomic mass is 32.2. The van der Waals surface area contributed by atoms with E-state index in [0.29, 0.717) is 4.88 Å². The number of aliphatic hydroxyl groups excluding tert-OH is 1. The predicted octanol–water partition coefficient (Wildman–Crippen LogP) is 0.0352. The Hall–Kier alpha value is -1.78. The Morgan fingerprint density at radius 2 is 2.19 bits per heavy atom. The van der Waals surface area contributed by atoms with Crippen LogP contribution in [0.5, 0.6) is 0 Å². The average Bonchev–Trinajstić information content (AvgIpc) is 3.06. The molecule has 3 heterocycles. The zero-order chi connectivity index (χ0) is 15.2. The standard InChI is InChI=1S/C11H11N3O5S2/c15-7-5-21(18,19)4-6(7)14-10(8-2-1-3-20-8)9(11(16)17)12-13-14/h1-3,6-7,15H,4-5H2,(H,16,17). The zero-order valence-corrected chi connectivity index (χ0v) is 12.2. The second kappa shape index (κ2) is 4.90. The number of aromatic carboxylic acids is 1. The molecule has 1 saturated heterocycles. The molecule has 1 aliphatic rings. The highest BCUT2D eigenvalue weighted by molar-refractivity contribution is 7.91. The lowest BCUT2D eigenvalue weighted by Gasteiger charge is -2.15. The first-order valence-electron chi connectivity index (χ1n) is 6.00. The summed E-state index contributed by atoms with van der Waals surface area (Å²) in [6.07, 6.45) is -1.13. The monoisotopic (exact) mass is 329 g/mol. The molecule has 2 unspecified atom stereocenters. The molecule has 112 valence electrons. The molecular weight excluding hydrogens is 318 g/mol. The van der Waals surface area contributed by atoms with E-state index in [1.807, 2.05) is 0 Å². The summed E-state index contributed by atoms with van der Waals surface area (Å²) in [5, 5.41) is 28.3. The van der Waals surface area contributed by atoms with E-state index in [1.54, 1.807) is 17.5 Å². The molecule has 3 rings (SSSR count). The molecular formula is C11H11N3O5S2. The van der Waals surface area contributed by atoms with Gasteiger partial charge in [-0.05, 0) is 11.4 Å². The van der Waals surface area contributed by atoms with Crippen molar-refractivity contribution >= 4 is 27.1 Å². The number of thiophene rings is 1. The van der Waals surface area contributed by atoms with Crippen molar-refractivity contribution in [2.75, 3.05) is 11.5 Å².